The molecule has 5 heteroatoms. The molecule has 2 rings (SSSR count). The normalized spacial score (nSPS) is 30.6. The molecule has 1 saturated carbocycles. The van der Waals surface area contributed by atoms with Gasteiger partial charge in [0.25, 0.3) is 0 Å². The monoisotopic (exact) mass is 263 g/mol. The fraction of sp³-hybridized carbons (Fsp3) is 0.429. The topological polar surface area (TPSA) is 86.6 Å². The molecule has 3 N–H and O–H groups in total. The van der Waals surface area contributed by atoms with E-state index in [4.69, 9.17) is 5.11 Å². The van der Waals surface area contributed by atoms with Crippen LogP contribution in [0.2, 0.25) is 0 Å². The van der Waals surface area contributed by atoms with Gasteiger partial charge in [-0.1, -0.05) is 37.3 Å². The van der Waals surface area contributed by atoms with E-state index in [2.05, 4.69) is 5.32 Å². The third-order valence-corrected chi connectivity index (χ3v) is 3.97. The highest BCUT2D eigenvalue weighted by Crippen LogP contribution is 2.51. The van der Waals surface area contributed by atoms with Gasteiger partial charge in [-0.15, -0.1) is 0 Å². The molecule has 0 saturated heterocycles. The molecule has 0 radical (unpaired) electrons. The molecule has 1 aromatic rings. The largest absolute Gasteiger partial charge is 0.481 e. The van der Waals surface area contributed by atoms with Gasteiger partial charge in [0.1, 0.15) is 5.54 Å². The van der Waals surface area contributed by atoms with Gasteiger partial charge in [0.2, 0.25) is 0 Å². The number of carboxylic acid groups (broad SMARTS) is 2. The van der Waals surface area contributed by atoms with Gasteiger partial charge in [-0.3, -0.25) is 14.9 Å². The Kier molecular flexibility index (Phi) is 3.32. The average molecular weight is 263 g/mol. The number of carbonyl (C=O) groups is 2. The summed E-state index contributed by atoms with van der Waals surface area (Å²) >= 11 is 0. The van der Waals surface area contributed by atoms with Gasteiger partial charge < -0.3 is 10.2 Å². The van der Waals surface area contributed by atoms with Crippen LogP contribution in [0.3, 0.4) is 0 Å². The number of rotatable bonds is 5. The van der Waals surface area contributed by atoms with E-state index in [1.165, 1.54) is 0 Å². The number of hydrogen-bond acceptors (Lipinski definition) is 3. The first-order valence-corrected chi connectivity index (χ1v) is 6.20. The van der Waals surface area contributed by atoms with Gasteiger partial charge in [0, 0.05) is 12.0 Å². The first-order chi connectivity index (χ1) is 8.91. The van der Waals surface area contributed by atoms with Crippen molar-refractivity contribution in [1.82, 2.24) is 5.32 Å². The maximum atomic E-state index is 11.4. The van der Waals surface area contributed by atoms with Gasteiger partial charge >= 0.3 is 11.9 Å². The fourth-order valence-corrected chi connectivity index (χ4v) is 2.76. The Bertz CT molecular complexity index is 501. The van der Waals surface area contributed by atoms with E-state index in [1.807, 2.05) is 37.3 Å². The molecule has 102 valence electrons. The number of carboxylic acids is 2. The first-order valence-electron chi connectivity index (χ1n) is 6.20. The van der Waals surface area contributed by atoms with Crippen molar-refractivity contribution in [1.29, 1.82) is 0 Å². The first kappa shape index (κ1) is 13.5. The Morgan fingerprint density at radius 2 is 1.84 bits per heavy atom. The molecule has 0 aliphatic heterocycles. The molecule has 1 aliphatic carbocycles. The smallest absolute Gasteiger partial charge is 0.325 e. The molecule has 1 aliphatic rings. The Balaban J connectivity index is 2.21. The highest BCUT2D eigenvalue weighted by Gasteiger charge is 2.71. The summed E-state index contributed by atoms with van der Waals surface area (Å²) in [6, 6.07) is 9.16. The summed E-state index contributed by atoms with van der Waals surface area (Å²) < 4.78 is 0. The Morgan fingerprint density at radius 1 is 1.26 bits per heavy atom. The van der Waals surface area contributed by atoms with Crippen molar-refractivity contribution in [3.63, 3.8) is 0 Å². The van der Waals surface area contributed by atoms with Crippen molar-refractivity contribution in [2.24, 2.45) is 11.8 Å². The minimum absolute atomic E-state index is 0.218. The molecule has 1 aromatic carbocycles. The quantitative estimate of drug-likeness (QED) is 0.749. The summed E-state index contributed by atoms with van der Waals surface area (Å²) in [6.45, 7) is 3.49. The molecule has 0 bridgehead atoms. The maximum absolute atomic E-state index is 11.4. The van der Waals surface area contributed by atoms with Crippen molar-refractivity contribution in [3.05, 3.63) is 35.9 Å². The van der Waals surface area contributed by atoms with E-state index in [0.717, 1.165) is 5.56 Å². The second-order valence-electron chi connectivity index (χ2n) is 5.06. The van der Waals surface area contributed by atoms with E-state index in [-0.39, 0.29) is 6.04 Å². The van der Waals surface area contributed by atoms with E-state index in [0.29, 0.717) is 0 Å². The molecule has 0 aromatic heterocycles. The zero-order chi connectivity index (χ0) is 14.2. The lowest BCUT2D eigenvalue weighted by molar-refractivity contribution is -0.146. The Hall–Kier alpha value is -1.88. The van der Waals surface area contributed by atoms with E-state index in [9.17, 15) is 14.7 Å². The van der Waals surface area contributed by atoms with Crippen molar-refractivity contribution < 1.29 is 19.8 Å². The third kappa shape index (κ3) is 2.10. The van der Waals surface area contributed by atoms with Crippen LogP contribution < -0.4 is 5.32 Å². The van der Waals surface area contributed by atoms with Crippen LogP contribution in [0.1, 0.15) is 25.5 Å². The lowest BCUT2D eigenvalue weighted by Gasteiger charge is -2.21. The summed E-state index contributed by atoms with van der Waals surface area (Å²) in [6.07, 6.45) is 0. The van der Waals surface area contributed by atoms with Gasteiger partial charge in [-0.2, -0.15) is 0 Å². The number of nitrogens with one attached hydrogen (secondary N) is 1. The number of hydrogen-bond donors (Lipinski definition) is 3. The van der Waals surface area contributed by atoms with Crippen LogP contribution in [0.15, 0.2) is 30.3 Å². The van der Waals surface area contributed by atoms with Crippen LogP contribution in [-0.2, 0) is 9.59 Å². The summed E-state index contributed by atoms with van der Waals surface area (Å²) in [5.41, 5.74) is -0.424. The molecule has 0 spiro atoms. The van der Waals surface area contributed by atoms with Crippen LogP contribution in [0.5, 0.6) is 0 Å². The summed E-state index contributed by atoms with van der Waals surface area (Å²) in [4.78, 5) is 22.6. The minimum Gasteiger partial charge on any atom is -0.481 e. The Labute approximate surface area is 111 Å². The summed E-state index contributed by atoms with van der Waals surface area (Å²) in [5.74, 6) is -3.47. The fourth-order valence-electron chi connectivity index (χ4n) is 2.76. The molecule has 4 atom stereocenters. The molecule has 4 unspecified atom stereocenters. The molecule has 5 nitrogen and oxygen atoms in total. The Morgan fingerprint density at radius 3 is 2.26 bits per heavy atom. The predicted octanol–water partition coefficient (Wildman–Crippen LogP) is 1.51. The highest BCUT2D eigenvalue weighted by molar-refractivity contribution is 5.94. The average Bonchev–Trinajstić information content (AvgIpc) is 2.96. The van der Waals surface area contributed by atoms with Crippen LogP contribution in [0.4, 0.5) is 0 Å². The zero-order valence-electron chi connectivity index (χ0n) is 10.8. The minimum atomic E-state index is -1.36. The van der Waals surface area contributed by atoms with Crippen LogP contribution >= 0.6 is 0 Å². The van der Waals surface area contributed by atoms with Gasteiger partial charge in [-0.25, -0.2) is 0 Å². The van der Waals surface area contributed by atoms with E-state index < -0.39 is 29.3 Å². The van der Waals surface area contributed by atoms with Gasteiger partial charge in [0.05, 0.1) is 5.92 Å². The zero-order valence-corrected chi connectivity index (χ0v) is 10.8. The summed E-state index contributed by atoms with van der Waals surface area (Å²) in [5, 5.41) is 21.4. The maximum Gasteiger partial charge on any atom is 0.325 e. The second-order valence-corrected chi connectivity index (χ2v) is 5.06. The highest BCUT2D eigenvalue weighted by atomic mass is 16.4. The van der Waals surface area contributed by atoms with Crippen LogP contribution in [0, 0.1) is 11.8 Å². The van der Waals surface area contributed by atoms with E-state index >= 15 is 0 Å². The molecule has 0 amide bonds. The second kappa shape index (κ2) is 4.66. The predicted molar refractivity (Wildman–Crippen MR) is 68.6 cm³/mol. The van der Waals surface area contributed by atoms with Crippen molar-refractivity contribution in [2.75, 3.05) is 0 Å². The standard InChI is InChI=1S/C14H17NO4/c1-8-11(12(16)17)14(8,13(18)19)15-9(2)10-6-4-3-5-7-10/h3-9,11,15H,1-2H3,(H,16,17)(H,18,19). The summed E-state index contributed by atoms with van der Waals surface area (Å²) in [7, 11) is 0. The lowest BCUT2D eigenvalue weighted by atomic mass is 10.1. The SMILES string of the molecule is CC(NC1(C(=O)O)C(C)C1C(=O)O)c1ccccc1. The molecule has 19 heavy (non-hydrogen) atoms. The molecular weight excluding hydrogens is 246 g/mol. The van der Waals surface area contributed by atoms with Crippen LogP contribution in [-0.4, -0.2) is 27.7 Å². The third-order valence-electron chi connectivity index (χ3n) is 3.97. The van der Waals surface area contributed by atoms with Crippen molar-refractivity contribution in [2.45, 2.75) is 25.4 Å². The van der Waals surface area contributed by atoms with Crippen molar-refractivity contribution in [3.8, 4) is 0 Å². The van der Waals surface area contributed by atoms with Crippen molar-refractivity contribution >= 4 is 11.9 Å². The van der Waals surface area contributed by atoms with E-state index in [1.54, 1.807) is 6.92 Å². The van der Waals surface area contributed by atoms with Gasteiger partial charge in [-0.05, 0) is 12.5 Å². The number of aliphatic carboxylic acids is 2. The van der Waals surface area contributed by atoms with Crippen LogP contribution in [0.25, 0.3) is 0 Å². The molecule has 0 heterocycles. The number of benzene rings is 1. The molecular formula is C14H17NO4. The van der Waals surface area contributed by atoms with Gasteiger partial charge in [0.15, 0.2) is 0 Å². The lowest BCUT2D eigenvalue weighted by Crippen LogP contribution is -2.44. The molecule has 1 fully saturated rings.